The first kappa shape index (κ1) is 16.6. The summed E-state index contributed by atoms with van der Waals surface area (Å²) in [6.45, 7) is 0.508. The van der Waals surface area contributed by atoms with Gasteiger partial charge in [0.1, 0.15) is 12.4 Å². The number of ether oxygens (including phenoxy) is 1. The molecule has 2 aromatic carbocycles. The zero-order chi connectivity index (χ0) is 16.6. The number of carbonyl (C=O) groups is 1. The summed E-state index contributed by atoms with van der Waals surface area (Å²) >= 11 is 0. The molecule has 1 N–H and O–H groups in total. The van der Waals surface area contributed by atoms with E-state index in [1.54, 1.807) is 0 Å². The van der Waals surface area contributed by atoms with E-state index >= 15 is 0 Å². The predicted molar refractivity (Wildman–Crippen MR) is 96.2 cm³/mol. The number of hydrogen-bond acceptors (Lipinski definition) is 2. The fourth-order valence-electron chi connectivity index (χ4n) is 3.13. The van der Waals surface area contributed by atoms with Gasteiger partial charge in [-0.15, -0.1) is 0 Å². The average molecular weight is 323 g/mol. The predicted octanol–water partition coefficient (Wildman–Crippen LogP) is 4.72. The standard InChI is InChI=1S/C21H25NO2/c23-21(22-19-8-4-1-2-5-9-19)18-14-12-17(13-15-18)16-24-20-10-6-3-7-11-20/h3,6-7,10-15,19H,1-2,4-5,8-9,16H2,(H,22,23). The van der Waals surface area contributed by atoms with E-state index in [4.69, 9.17) is 4.74 Å². The minimum absolute atomic E-state index is 0.0393. The summed E-state index contributed by atoms with van der Waals surface area (Å²) in [4.78, 5) is 12.4. The number of rotatable bonds is 5. The number of para-hydroxylation sites is 1. The van der Waals surface area contributed by atoms with E-state index < -0.39 is 0 Å². The lowest BCUT2D eigenvalue weighted by atomic mass is 10.1. The lowest BCUT2D eigenvalue weighted by Crippen LogP contribution is -2.34. The molecule has 0 atom stereocenters. The first-order valence-electron chi connectivity index (χ1n) is 8.89. The third kappa shape index (κ3) is 4.85. The highest BCUT2D eigenvalue weighted by Crippen LogP contribution is 2.18. The van der Waals surface area contributed by atoms with Gasteiger partial charge in [-0.2, -0.15) is 0 Å². The summed E-state index contributed by atoms with van der Waals surface area (Å²) in [6.07, 6.45) is 7.25. The molecule has 0 aliphatic heterocycles. The van der Waals surface area contributed by atoms with Gasteiger partial charge in [-0.05, 0) is 42.7 Å². The van der Waals surface area contributed by atoms with Crippen molar-refractivity contribution in [2.45, 2.75) is 51.2 Å². The summed E-state index contributed by atoms with van der Waals surface area (Å²) in [5.74, 6) is 0.894. The fourth-order valence-corrected chi connectivity index (χ4v) is 3.13. The maximum absolute atomic E-state index is 12.4. The molecule has 3 heteroatoms. The van der Waals surface area contributed by atoms with E-state index in [0.717, 1.165) is 29.7 Å². The van der Waals surface area contributed by atoms with Crippen molar-refractivity contribution in [3.63, 3.8) is 0 Å². The molecule has 1 aliphatic carbocycles. The monoisotopic (exact) mass is 323 g/mol. The second kappa shape index (κ2) is 8.53. The number of amides is 1. The lowest BCUT2D eigenvalue weighted by Gasteiger charge is -2.16. The van der Waals surface area contributed by atoms with Crippen LogP contribution in [0.25, 0.3) is 0 Å². The van der Waals surface area contributed by atoms with Crippen LogP contribution in [0.5, 0.6) is 5.75 Å². The van der Waals surface area contributed by atoms with Crippen LogP contribution in [0.3, 0.4) is 0 Å². The van der Waals surface area contributed by atoms with Crippen LogP contribution in [-0.4, -0.2) is 11.9 Å². The smallest absolute Gasteiger partial charge is 0.251 e. The Hall–Kier alpha value is -2.29. The van der Waals surface area contributed by atoms with Gasteiger partial charge in [-0.3, -0.25) is 4.79 Å². The third-order valence-corrected chi connectivity index (χ3v) is 4.56. The van der Waals surface area contributed by atoms with Crippen molar-refractivity contribution in [2.24, 2.45) is 0 Å². The van der Waals surface area contributed by atoms with E-state index in [9.17, 15) is 4.79 Å². The van der Waals surface area contributed by atoms with Crippen molar-refractivity contribution < 1.29 is 9.53 Å². The van der Waals surface area contributed by atoms with Crippen molar-refractivity contribution >= 4 is 5.91 Å². The number of carbonyl (C=O) groups excluding carboxylic acids is 1. The summed E-state index contributed by atoms with van der Waals surface area (Å²) in [6, 6.07) is 17.8. The summed E-state index contributed by atoms with van der Waals surface area (Å²) in [5.41, 5.74) is 1.78. The highest BCUT2D eigenvalue weighted by atomic mass is 16.5. The molecule has 1 amide bonds. The van der Waals surface area contributed by atoms with Gasteiger partial charge in [-0.1, -0.05) is 56.0 Å². The molecule has 1 aliphatic rings. The van der Waals surface area contributed by atoms with Gasteiger partial charge < -0.3 is 10.1 Å². The van der Waals surface area contributed by atoms with Gasteiger partial charge in [0.2, 0.25) is 0 Å². The Balaban J connectivity index is 1.52. The number of benzene rings is 2. The molecule has 0 spiro atoms. The van der Waals surface area contributed by atoms with Gasteiger partial charge in [0.05, 0.1) is 0 Å². The van der Waals surface area contributed by atoms with Crippen molar-refractivity contribution in [1.82, 2.24) is 5.32 Å². The van der Waals surface area contributed by atoms with E-state index in [1.165, 1.54) is 25.7 Å². The largest absolute Gasteiger partial charge is 0.489 e. The Morgan fingerprint density at radius 2 is 1.58 bits per heavy atom. The second-order valence-electron chi connectivity index (χ2n) is 6.46. The molecule has 3 nitrogen and oxygen atoms in total. The normalized spacial score (nSPS) is 15.5. The van der Waals surface area contributed by atoms with Gasteiger partial charge in [0.15, 0.2) is 0 Å². The van der Waals surface area contributed by atoms with Crippen LogP contribution in [0.15, 0.2) is 54.6 Å². The Morgan fingerprint density at radius 3 is 2.25 bits per heavy atom. The molecule has 1 fully saturated rings. The summed E-state index contributed by atoms with van der Waals surface area (Å²) < 4.78 is 5.73. The van der Waals surface area contributed by atoms with Crippen LogP contribution in [0.2, 0.25) is 0 Å². The van der Waals surface area contributed by atoms with Gasteiger partial charge in [0, 0.05) is 11.6 Å². The molecule has 2 aromatic rings. The molecule has 0 aromatic heterocycles. The highest BCUT2D eigenvalue weighted by molar-refractivity contribution is 5.94. The van der Waals surface area contributed by atoms with Crippen LogP contribution in [0, 0.1) is 0 Å². The molecule has 126 valence electrons. The summed E-state index contributed by atoms with van der Waals surface area (Å²) in [5, 5.41) is 3.18. The fraction of sp³-hybridized carbons (Fsp3) is 0.381. The quantitative estimate of drug-likeness (QED) is 0.809. The van der Waals surface area contributed by atoms with Crippen LogP contribution in [0.4, 0.5) is 0 Å². The first-order chi connectivity index (χ1) is 11.8. The Morgan fingerprint density at radius 1 is 0.917 bits per heavy atom. The zero-order valence-electron chi connectivity index (χ0n) is 14.0. The topological polar surface area (TPSA) is 38.3 Å². The van der Waals surface area contributed by atoms with Crippen molar-refractivity contribution in [1.29, 1.82) is 0 Å². The van der Waals surface area contributed by atoms with E-state index in [-0.39, 0.29) is 5.91 Å². The van der Waals surface area contributed by atoms with E-state index in [2.05, 4.69) is 5.32 Å². The number of nitrogens with one attached hydrogen (secondary N) is 1. The van der Waals surface area contributed by atoms with Gasteiger partial charge >= 0.3 is 0 Å². The Kier molecular flexibility index (Phi) is 5.89. The number of hydrogen-bond donors (Lipinski definition) is 1. The molecule has 1 saturated carbocycles. The third-order valence-electron chi connectivity index (χ3n) is 4.56. The van der Waals surface area contributed by atoms with Crippen LogP contribution in [-0.2, 0) is 6.61 Å². The Labute approximate surface area is 144 Å². The molecule has 0 bridgehead atoms. The van der Waals surface area contributed by atoms with Crippen molar-refractivity contribution in [2.75, 3.05) is 0 Å². The van der Waals surface area contributed by atoms with Crippen molar-refractivity contribution in [3.8, 4) is 5.75 Å². The maximum Gasteiger partial charge on any atom is 0.251 e. The van der Waals surface area contributed by atoms with Crippen LogP contribution < -0.4 is 10.1 Å². The Bertz CT molecular complexity index is 629. The SMILES string of the molecule is O=C(NC1CCCCCC1)c1ccc(COc2ccccc2)cc1. The average Bonchev–Trinajstić information content (AvgIpc) is 2.90. The first-order valence-corrected chi connectivity index (χ1v) is 8.89. The van der Waals surface area contributed by atoms with Gasteiger partial charge in [-0.25, -0.2) is 0 Å². The molecule has 3 rings (SSSR count). The van der Waals surface area contributed by atoms with Crippen LogP contribution in [0.1, 0.15) is 54.4 Å². The molecule has 0 saturated heterocycles. The molecular weight excluding hydrogens is 298 g/mol. The van der Waals surface area contributed by atoms with E-state index in [1.807, 2.05) is 54.6 Å². The zero-order valence-corrected chi connectivity index (χ0v) is 14.0. The second-order valence-corrected chi connectivity index (χ2v) is 6.46. The summed E-state index contributed by atoms with van der Waals surface area (Å²) in [7, 11) is 0. The molecule has 24 heavy (non-hydrogen) atoms. The van der Waals surface area contributed by atoms with Gasteiger partial charge in [0.25, 0.3) is 5.91 Å². The minimum atomic E-state index is 0.0393. The molecule has 0 heterocycles. The van der Waals surface area contributed by atoms with E-state index in [0.29, 0.717) is 12.6 Å². The lowest BCUT2D eigenvalue weighted by molar-refractivity contribution is 0.0933. The maximum atomic E-state index is 12.4. The van der Waals surface area contributed by atoms with Crippen LogP contribution >= 0.6 is 0 Å². The molecular formula is C21H25NO2. The minimum Gasteiger partial charge on any atom is -0.489 e. The van der Waals surface area contributed by atoms with Crippen molar-refractivity contribution in [3.05, 3.63) is 65.7 Å². The molecule has 0 unspecified atom stereocenters. The highest BCUT2D eigenvalue weighted by Gasteiger charge is 2.15. The molecule has 0 radical (unpaired) electrons.